The minimum Gasteiger partial charge on any atom is -0.396 e. The fraction of sp³-hybridized carbons (Fsp3) is 0.583. The van der Waals surface area contributed by atoms with Gasteiger partial charge in [-0.05, 0) is 25.7 Å². The molecule has 1 aliphatic rings. The monoisotopic (exact) mass is 278 g/mol. The molecular weight excluding hydrogens is 264 g/mol. The first-order chi connectivity index (χ1) is 9.06. The van der Waals surface area contributed by atoms with E-state index in [0.29, 0.717) is 25.8 Å². The van der Waals surface area contributed by atoms with Crippen LogP contribution < -0.4 is 4.90 Å². The smallest absolute Gasteiger partial charge is 0.253 e. The number of pyridine rings is 1. The van der Waals surface area contributed by atoms with E-state index in [9.17, 15) is 17.6 Å². The van der Waals surface area contributed by atoms with Crippen molar-refractivity contribution in [1.29, 1.82) is 0 Å². The van der Waals surface area contributed by atoms with Gasteiger partial charge < -0.3 is 10.0 Å². The normalized spacial score (nSPS) is 19.8. The van der Waals surface area contributed by atoms with Crippen LogP contribution in [-0.2, 0) is 0 Å². The van der Waals surface area contributed by atoms with Crippen molar-refractivity contribution in [3.05, 3.63) is 23.5 Å². The Morgan fingerprint density at radius 1 is 1.11 bits per heavy atom. The van der Waals surface area contributed by atoms with E-state index in [0.717, 1.165) is 6.42 Å². The van der Waals surface area contributed by atoms with Crippen LogP contribution in [0.1, 0.15) is 25.7 Å². The number of nitrogens with zero attached hydrogens (tertiary/aromatic N) is 2. The second-order valence-corrected chi connectivity index (χ2v) is 4.53. The molecule has 3 nitrogen and oxygen atoms in total. The number of rotatable bonds is 3. The van der Waals surface area contributed by atoms with E-state index in [-0.39, 0.29) is 12.6 Å². The predicted octanol–water partition coefficient (Wildman–Crippen LogP) is 2.38. The molecule has 7 heteroatoms. The highest BCUT2D eigenvalue weighted by atomic mass is 19.2. The third kappa shape index (κ3) is 2.65. The molecule has 19 heavy (non-hydrogen) atoms. The Labute approximate surface area is 107 Å². The summed E-state index contributed by atoms with van der Waals surface area (Å²) < 4.78 is 53.6. The number of aliphatic hydroxyl groups excluding tert-OH is 1. The van der Waals surface area contributed by atoms with Crippen molar-refractivity contribution in [1.82, 2.24) is 4.98 Å². The molecular formula is C12H14F4N2O. The molecule has 2 rings (SSSR count). The number of halogens is 4. The summed E-state index contributed by atoms with van der Waals surface area (Å²) in [5, 5.41) is 8.96. The lowest BCUT2D eigenvalue weighted by Gasteiger charge is -2.37. The third-order valence-corrected chi connectivity index (χ3v) is 3.35. The molecule has 0 aliphatic carbocycles. The molecule has 1 N–H and O–H groups in total. The van der Waals surface area contributed by atoms with Crippen LogP contribution in [-0.4, -0.2) is 29.3 Å². The first-order valence-corrected chi connectivity index (χ1v) is 6.13. The van der Waals surface area contributed by atoms with Crippen molar-refractivity contribution in [2.24, 2.45) is 0 Å². The van der Waals surface area contributed by atoms with Gasteiger partial charge in [-0.3, -0.25) is 0 Å². The zero-order valence-electron chi connectivity index (χ0n) is 10.2. The molecule has 0 bridgehead atoms. The number of hydrogen-bond donors (Lipinski definition) is 1. The molecule has 0 saturated carbocycles. The molecule has 0 aromatic carbocycles. The summed E-state index contributed by atoms with van der Waals surface area (Å²) in [6, 6.07) is -0.330. The number of aliphatic hydroxyl groups is 1. The van der Waals surface area contributed by atoms with Gasteiger partial charge in [-0.25, -0.2) is 0 Å². The van der Waals surface area contributed by atoms with E-state index >= 15 is 0 Å². The van der Waals surface area contributed by atoms with Crippen LogP contribution in [0.15, 0.2) is 0 Å². The van der Waals surface area contributed by atoms with E-state index in [4.69, 9.17) is 5.11 Å². The molecule has 1 saturated heterocycles. The second kappa shape index (κ2) is 5.73. The van der Waals surface area contributed by atoms with Gasteiger partial charge in [0.15, 0.2) is 0 Å². The Kier molecular flexibility index (Phi) is 4.24. The van der Waals surface area contributed by atoms with Crippen LogP contribution in [0.4, 0.5) is 23.2 Å². The Morgan fingerprint density at radius 3 is 2.32 bits per heavy atom. The zero-order chi connectivity index (χ0) is 14.0. The summed E-state index contributed by atoms with van der Waals surface area (Å²) in [6.45, 7) is 0.141. The summed E-state index contributed by atoms with van der Waals surface area (Å²) >= 11 is 0. The summed E-state index contributed by atoms with van der Waals surface area (Å²) in [5.74, 6) is -6.27. The molecule has 0 spiro atoms. The summed E-state index contributed by atoms with van der Waals surface area (Å²) in [6.07, 6.45) is 2.43. The van der Waals surface area contributed by atoms with Crippen LogP contribution in [0.5, 0.6) is 0 Å². The van der Waals surface area contributed by atoms with Crippen LogP contribution in [0, 0.1) is 23.5 Å². The van der Waals surface area contributed by atoms with Gasteiger partial charge >= 0.3 is 0 Å². The van der Waals surface area contributed by atoms with Crippen molar-refractivity contribution in [3.8, 4) is 0 Å². The van der Waals surface area contributed by atoms with Gasteiger partial charge in [0.2, 0.25) is 11.6 Å². The van der Waals surface area contributed by atoms with Crippen molar-refractivity contribution in [2.75, 3.05) is 18.1 Å². The third-order valence-electron chi connectivity index (χ3n) is 3.35. The number of aromatic nitrogens is 1. The fourth-order valence-electron chi connectivity index (χ4n) is 2.47. The number of hydrogen-bond acceptors (Lipinski definition) is 3. The lowest BCUT2D eigenvalue weighted by molar-refractivity contribution is 0.260. The highest BCUT2D eigenvalue weighted by molar-refractivity contribution is 5.50. The predicted molar refractivity (Wildman–Crippen MR) is 60.8 cm³/mol. The molecule has 1 unspecified atom stereocenters. The number of piperidine rings is 1. The van der Waals surface area contributed by atoms with Gasteiger partial charge in [0.1, 0.15) is 5.69 Å². The summed E-state index contributed by atoms with van der Waals surface area (Å²) in [5.41, 5.74) is -0.719. The maximum atomic E-state index is 13.7. The number of anilines is 1. The van der Waals surface area contributed by atoms with Crippen molar-refractivity contribution < 1.29 is 22.7 Å². The molecule has 1 aromatic heterocycles. The second-order valence-electron chi connectivity index (χ2n) is 4.53. The first kappa shape index (κ1) is 14.0. The molecule has 1 fully saturated rings. The van der Waals surface area contributed by atoms with Crippen LogP contribution in [0.3, 0.4) is 0 Å². The Balaban J connectivity index is 2.43. The van der Waals surface area contributed by atoms with Gasteiger partial charge in [0.05, 0.1) is 0 Å². The first-order valence-electron chi connectivity index (χ1n) is 6.13. The van der Waals surface area contributed by atoms with Crippen molar-refractivity contribution in [3.63, 3.8) is 0 Å². The van der Waals surface area contributed by atoms with Crippen LogP contribution in [0.2, 0.25) is 0 Å². The van der Waals surface area contributed by atoms with E-state index < -0.39 is 29.2 Å². The average Bonchev–Trinajstić information content (AvgIpc) is 2.39. The topological polar surface area (TPSA) is 36.4 Å². The molecule has 0 amide bonds. The summed E-state index contributed by atoms with van der Waals surface area (Å²) in [4.78, 5) is 3.83. The van der Waals surface area contributed by atoms with Crippen molar-refractivity contribution in [2.45, 2.75) is 31.7 Å². The lowest BCUT2D eigenvalue weighted by Crippen LogP contribution is -2.41. The SMILES string of the molecule is OCCC1CCCCN1c1c(F)c(F)nc(F)c1F. The van der Waals surface area contributed by atoms with E-state index in [2.05, 4.69) is 4.98 Å². The molecule has 2 heterocycles. The van der Waals surface area contributed by atoms with Crippen LogP contribution >= 0.6 is 0 Å². The Hall–Kier alpha value is -1.37. The largest absolute Gasteiger partial charge is 0.396 e. The van der Waals surface area contributed by atoms with Crippen LogP contribution in [0.25, 0.3) is 0 Å². The molecule has 1 aliphatic heterocycles. The standard InChI is InChI=1S/C12H14F4N2O/c13-8-10(9(14)12(16)17-11(8)15)18-5-2-1-3-7(18)4-6-19/h7,19H,1-6H2. The van der Waals surface area contributed by atoms with E-state index in [1.54, 1.807) is 0 Å². The minimum absolute atomic E-state index is 0.152. The fourth-order valence-corrected chi connectivity index (χ4v) is 2.47. The molecule has 1 aromatic rings. The zero-order valence-corrected chi connectivity index (χ0v) is 10.2. The van der Waals surface area contributed by atoms with Gasteiger partial charge in [0, 0.05) is 19.2 Å². The minimum atomic E-state index is -1.65. The van der Waals surface area contributed by atoms with E-state index in [1.807, 2.05) is 0 Å². The molecule has 106 valence electrons. The van der Waals surface area contributed by atoms with Gasteiger partial charge in [-0.2, -0.15) is 22.5 Å². The molecule has 0 radical (unpaired) electrons. The highest BCUT2D eigenvalue weighted by Gasteiger charge is 2.31. The quantitative estimate of drug-likeness (QED) is 0.681. The highest BCUT2D eigenvalue weighted by Crippen LogP contribution is 2.32. The Bertz CT molecular complexity index is 441. The van der Waals surface area contributed by atoms with E-state index in [1.165, 1.54) is 4.90 Å². The van der Waals surface area contributed by atoms with Gasteiger partial charge in [-0.15, -0.1) is 0 Å². The Morgan fingerprint density at radius 2 is 1.74 bits per heavy atom. The average molecular weight is 278 g/mol. The maximum Gasteiger partial charge on any atom is 0.253 e. The molecule has 1 atom stereocenters. The van der Waals surface area contributed by atoms with Crippen molar-refractivity contribution >= 4 is 5.69 Å². The maximum absolute atomic E-state index is 13.7. The summed E-state index contributed by atoms with van der Waals surface area (Å²) in [7, 11) is 0. The van der Waals surface area contributed by atoms with Gasteiger partial charge in [-0.1, -0.05) is 0 Å². The van der Waals surface area contributed by atoms with Gasteiger partial charge in [0.25, 0.3) is 11.9 Å². The lowest BCUT2D eigenvalue weighted by atomic mass is 9.99.